The van der Waals surface area contributed by atoms with Crippen LogP contribution < -0.4 is 10.6 Å². The van der Waals surface area contributed by atoms with E-state index in [1.807, 2.05) is 0 Å². The normalized spacial score (nSPS) is 23.9. The Labute approximate surface area is 158 Å². The highest BCUT2D eigenvalue weighted by atomic mass is 32.2. The van der Waals surface area contributed by atoms with E-state index in [0.29, 0.717) is 19.6 Å². The fourth-order valence-electron chi connectivity index (χ4n) is 3.59. The Hall–Kier alpha value is -1.91. The number of esters is 1. The van der Waals surface area contributed by atoms with Gasteiger partial charge in [0, 0.05) is 25.8 Å². The lowest BCUT2D eigenvalue weighted by molar-refractivity contribution is -0.123. The summed E-state index contributed by atoms with van der Waals surface area (Å²) in [6, 6.07) is 1.16. The van der Waals surface area contributed by atoms with Gasteiger partial charge in [0.25, 0.3) is 0 Å². The van der Waals surface area contributed by atoms with E-state index < -0.39 is 16.0 Å². The van der Waals surface area contributed by atoms with Crippen LogP contribution in [0.5, 0.6) is 0 Å². The molecule has 2 aliphatic rings. The van der Waals surface area contributed by atoms with Crippen molar-refractivity contribution >= 4 is 21.9 Å². The van der Waals surface area contributed by atoms with E-state index in [2.05, 4.69) is 20.4 Å². The smallest absolute Gasteiger partial charge is 0.354 e. The van der Waals surface area contributed by atoms with E-state index in [1.54, 1.807) is 0 Å². The molecule has 10 heteroatoms. The van der Waals surface area contributed by atoms with Gasteiger partial charge in [-0.05, 0) is 44.2 Å². The number of ether oxygens (including phenoxy) is 1. The molecule has 2 aliphatic heterocycles. The van der Waals surface area contributed by atoms with E-state index in [4.69, 9.17) is 0 Å². The third kappa shape index (κ3) is 4.50. The van der Waals surface area contributed by atoms with Crippen LogP contribution in [0.25, 0.3) is 0 Å². The van der Waals surface area contributed by atoms with Crippen LogP contribution in [0, 0.1) is 5.92 Å². The van der Waals surface area contributed by atoms with Gasteiger partial charge in [-0.3, -0.25) is 4.79 Å². The zero-order valence-corrected chi connectivity index (χ0v) is 16.2. The zero-order valence-electron chi connectivity index (χ0n) is 15.4. The van der Waals surface area contributed by atoms with Crippen molar-refractivity contribution in [1.82, 2.24) is 19.9 Å². The zero-order chi connectivity index (χ0) is 19.4. The minimum atomic E-state index is -3.70. The van der Waals surface area contributed by atoms with Crippen molar-refractivity contribution in [2.24, 2.45) is 5.92 Å². The molecule has 2 unspecified atom stereocenters. The lowest BCUT2D eigenvalue weighted by Crippen LogP contribution is -2.46. The molecule has 3 rings (SSSR count). The Bertz CT molecular complexity index is 785. The molecule has 9 nitrogen and oxygen atoms in total. The number of sulfonamides is 1. The number of rotatable bonds is 6. The van der Waals surface area contributed by atoms with Crippen LogP contribution in [0.4, 0.5) is 0 Å². The minimum Gasteiger partial charge on any atom is -0.464 e. The van der Waals surface area contributed by atoms with Crippen molar-refractivity contribution in [1.29, 1.82) is 0 Å². The molecular weight excluding hydrogens is 372 g/mol. The van der Waals surface area contributed by atoms with E-state index in [9.17, 15) is 18.0 Å². The number of carbonyl (C=O) groups is 2. The number of nitrogens with zero attached hydrogens (tertiary/aromatic N) is 1. The fourth-order valence-corrected chi connectivity index (χ4v) is 5.14. The summed E-state index contributed by atoms with van der Waals surface area (Å²) >= 11 is 0. The number of amides is 1. The van der Waals surface area contributed by atoms with E-state index in [-0.39, 0.29) is 28.5 Å². The highest BCUT2D eigenvalue weighted by molar-refractivity contribution is 7.89. The first-order valence-electron chi connectivity index (χ1n) is 9.20. The Kier molecular flexibility index (Phi) is 6.18. The standard InChI is InChI=1S/C17H26N4O5S/c1-26-17(23)15-8-13(10-19-15)27(24,25)21-7-3-4-12(11-21)9-20-16(22)14-5-2-6-18-14/h8,10,12,14,18-19H,2-7,9,11H2,1H3,(H,20,22). The Morgan fingerprint density at radius 3 is 2.85 bits per heavy atom. The molecule has 0 radical (unpaired) electrons. The third-order valence-corrected chi connectivity index (χ3v) is 6.97. The third-order valence-electron chi connectivity index (χ3n) is 5.12. The number of piperidine rings is 1. The highest BCUT2D eigenvalue weighted by Gasteiger charge is 2.32. The van der Waals surface area contributed by atoms with Crippen molar-refractivity contribution in [2.75, 3.05) is 33.3 Å². The SMILES string of the molecule is COC(=O)c1cc(S(=O)(=O)N2CCCC(CNC(=O)C3CCCN3)C2)c[nH]1. The molecule has 1 aromatic heterocycles. The molecule has 0 saturated carbocycles. The van der Waals surface area contributed by atoms with Gasteiger partial charge < -0.3 is 20.4 Å². The van der Waals surface area contributed by atoms with Crippen LogP contribution in [-0.2, 0) is 19.6 Å². The van der Waals surface area contributed by atoms with Crippen LogP contribution >= 0.6 is 0 Å². The van der Waals surface area contributed by atoms with Crippen molar-refractivity contribution in [3.63, 3.8) is 0 Å². The van der Waals surface area contributed by atoms with Crippen molar-refractivity contribution in [3.8, 4) is 0 Å². The molecule has 150 valence electrons. The molecule has 1 aromatic rings. The number of carbonyl (C=O) groups excluding carboxylic acids is 2. The Morgan fingerprint density at radius 2 is 2.15 bits per heavy atom. The van der Waals surface area contributed by atoms with E-state index in [0.717, 1.165) is 32.2 Å². The van der Waals surface area contributed by atoms with Gasteiger partial charge in [-0.1, -0.05) is 0 Å². The first-order chi connectivity index (χ1) is 12.9. The number of hydrogen-bond donors (Lipinski definition) is 3. The van der Waals surface area contributed by atoms with Crippen molar-refractivity contribution in [3.05, 3.63) is 18.0 Å². The predicted molar refractivity (Wildman–Crippen MR) is 97.6 cm³/mol. The minimum absolute atomic E-state index is 0.0131. The van der Waals surface area contributed by atoms with Crippen LogP contribution in [0.2, 0.25) is 0 Å². The molecule has 0 aliphatic carbocycles. The molecule has 3 N–H and O–H groups in total. The molecule has 0 aromatic carbocycles. The summed E-state index contributed by atoms with van der Waals surface area (Å²) in [6.07, 6.45) is 4.74. The monoisotopic (exact) mass is 398 g/mol. The van der Waals surface area contributed by atoms with Gasteiger partial charge in [-0.15, -0.1) is 0 Å². The Balaban J connectivity index is 1.60. The maximum atomic E-state index is 12.9. The van der Waals surface area contributed by atoms with Crippen molar-refractivity contribution in [2.45, 2.75) is 36.6 Å². The first-order valence-corrected chi connectivity index (χ1v) is 10.6. The first kappa shape index (κ1) is 19.8. The van der Waals surface area contributed by atoms with Crippen LogP contribution in [-0.4, -0.2) is 68.9 Å². The number of hydrogen-bond acceptors (Lipinski definition) is 6. The lowest BCUT2D eigenvalue weighted by Gasteiger charge is -2.32. The fraction of sp³-hybridized carbons (Fsp3) is 0.647. The molecule has 2 atom stereocenters. The molecule has 27 heavy (non-hydrogen) atoms. The molecule has 2 fully saturated rings. The van der Waals surface area contributed by atoms with Gasteiger partial charge in [0.15, 0.2) is 0 Å². The van der Waals surface area contributed by atoms with Gasteiger partial charge >= 0.3 is 5.97 Å². The van der Waals surface area contributed by atoms with Gasteiger partial charge in [-0.2, -0.15) is 4.31 Å². The molecule has 0 bridgehead atoms. The summed E-state index contributed by atoms with van der Waals surface area (Å²) in [5.74, 6) is -0.560. The molecule has 3 heterocycles. The maximum absolute atomic E-state index is 12.9. The largest absolute Gasteiger partial charge is 0.464 e. The van der Waals surface area contributed by atoms with Gasteiger partial charge in [-0.25, -0.2) is 13.2 Å². The van der Waals surface area contributed by atoms with Gasteiger partial charge in [0.2, 0.25) is 15.9 Å². The van der Waals surface area contributed by atoms with Crippen LogP contribution in [0.15, 0.2) is 17.2 Å². The topological polar surface area (TPSA) is 121 Å². The predicted octanol–water partition coefficient (Wildman–Crippen LogP) is 0.0702. The second-order valence-corrected chi connectivity index (χ2v) is 8.94. The number of H-pyrrole nitrogens is 1. The summed E-state index contributed by atoms with van der Waals surface area (Å²) in [6.45, 7) is 2.09. The highest BCUT2D eigenvalue weighted by Crippen LogP contribution is 2.24. The summed E-state index contributed by atoms with van der Waals surface area (Å²) in [7, 11) is -2.46. The number of nitrogens with one attached hydrogen (secondary N) is 3. The number of aromatic nitrogens is 1. The Morgan fingerprint density at radius 1 is 1.33 bits per heavy atom. The summed E-state index contributed by atoms with van der Waals surface area (Å²) in [5, 5.41) is 6.10. The second kappa shape index (κ2) is 8.41. The summed E-state index contributed by atoms with van der Waals surface area (Å²) in [4.78, 5) is 26.3. The summed E-state index contributed by atoms with van der Waals surface area (Å²) in [5.41, 5.74) is 0.0981. The van der Waals surface area contributed by atoms with Crippen LogP contribution in [0.3, 0.4) is 0 Å². The quantitative estimate of drug-likeness (QED) is 0.583. The second-order valence-electron chi connectivity index (χ2n) is 7.01. The molecular formula is C17H26N4O5S. The number of methoxy groups -OCH3 is 1. The maximum Gasteiger partial charge on any atom is 0.354 e. The lowest BCUT2D eigenvalue weighted by atomic mass is 9.99. The molecule has 1 amide bonds. The average Bonchev–Trinajstić information content (AvgIpc) is 3.38. The van der Waals surface area contributed by atoms with Gasteiger partial charge in [0.1, 0.15) is 10.6 Å². The number of aromatic amines is 1. The van der Waals surface area contributed by atoms with Crippen LogP contribution in [0.1, 0.15) is 36.2 Å². The summed E-state index contributed by atoms with van der Waals surface area (Å²) < 4.78 is 31.7. The van der Waals surface area contributed by atoms with Gasteiger partial charge in [0.05, 0.1) is 13.2 Å². The van der Waals surface area contributed by atoms with E-state index in [1.165, 1.54) is 23.7 Å². The van der Waals surface area contributed by atoms with E-state index >= 15 is 0 Å². The molecule has 0 spiro atoms. The average molecular weight is 398 g/mol. The van der Waals surface area contributed by atoms with Crippen molar-refractivity contribution < 1.29 is 22.7 Å². The molecule has 2 saturated heterocycles.